The van der Waals surface area contributed by atoms with Crippen LogP contribution in [0.25, 0.3) is 0 Å². The molecule has 1 aromatic heterocycles. The van der Waals surface area contributed by atoms with Gasteiger partial charge in [0.2, 0.25) is 0 Å². The highest BCUT2D eigenvalue weighted by molar-refractivity contribution is 4.96. The fourth-order valence-electron chi connectivity index (χ4n) is 2.50. The number of aliphatic hydroxyl groups excluding tert-OH is 1. The Labute approximate surface area is 126 Å². The second-order valence-corrected chi connectivity index (χ2v) is 5.76. The number of nitrogens with zero attached hydrogens (tertiary/aromatic N) is 2. The number of hydrogen-bond donors (Lipinski definition) is 1. The molecule has 2 heterocycles. The summed E-state index contributed by atoms with van der Waals surface area (Å²) < 4.78 is 16.4. The van der Waals surface area contributed by atoms with Crippen LogP contribution in [0.3, 0.4) is 0 Å². The molecule has 0 aliphatic carbocycles. The molecule has 6 nitrogen and oxygen atoms in total. The van der Waals surface area contributed by atoms with E-state index in [2.05, 4.69) is 9.80 Å². The van der Waals surface area contributed by atoms with Gasteiger partial charge in [-0.05, 0) is 26.2 Å². The summed E-state index contributed by atoms with van der Waals surface area (Å²) in [5.74, 6) is 0.777. The van der Waals surface area contributed by atoms with Crippen molar-refractivity contribution in [2.75, 3.05) is 53.5 Å². The summed E-state index contributed by atoms with van der Waals surface area (Å²) >= 11 is 0. The van der Waals surface area contributed by atoms with Gasteiger partial charge in [-0.3, -0.25) is 4.90 Å². The Hall–Kier alpha value is -0.920. The van der Waals surface area contributed by atoms with Gasteiger partial charge >= 0.3 is 0 Å². The Kier molecular flexibility index (Phi) is 6.66. The topological polar surface area (TPSA) is 58.3 Å². The Morgan fingerprint density at radius 3 is 3.10 bits per heavy atom. The fraction of sp³-hybridized carbons (Fsp3) is 0.733. The van der Waals surface area contributed by atoms with Crippen molar-refractivity contribution in [2.45, 2.75) is 18.8 Å². The molecular weight excluding hydrogens is 272 g/mol. The molecule has 0 saturated carbocycles. The van der Waals surface area contributed by atoms with Crippen molar-refractivity contribution in [3.63, 3.8) is 0 Å². The highest BCUT2D eigenvalue weighted by Gasteiger charge is 2.22. The quantitative estimate of drug-likeness (QED) is 0.751. The van der Waals surface area contributed by atoms with Crippen molar-refractivity contribution in [1.29, 1.82) is 0 Å². The molecule has 1 saturated heterocycles. The third-order valence-electron chi connectivity index (χ3n) is 3.40. The van der Waals surface area contributed by atoms with Crippen LogP contribution in [0.2, 0.25) is 0 Å². The van der Waals surface area contributed by atoms with Gasteiger partial charge in [0.25, 0.3) is 0 Å². The zero-order valence-electron chi connectivity index (χ0n) is 12.9. The third-order valence-corrected chi connectivity index (χ3v) is 3.40. The van der Waals surface area contributed by atoms with Gasteiger partial charge in [-0.25, -0.2) is 0 Å². The maximum atomic E-state index is 10.0. The van der Waals surface area contributed by atoms with Crippen LogP contribution in [0.5, 0.6) is 0 Å². The van der Waals surface area contributed by atoms with Crippen LogP contribution in [0.1, 0.15) is 5.76 Å². The van der Waals surface area contributed by atoms with E-state index in [0.29, 0.717) is 19.8 Å². The standard InChI is InChI=1S/C15H26N2O4/c1-16(2)9-15-10-17(5-7-21-15)8-13(18)11-19-12-14-4-3-6-20-14/h3-4,6,13,15,18H,5,7-12H2,1-2H3. The van der Waals surface area contributed by atoms with Crippen LogP contribution in [0.4, 0.5) is 0 Å². The molecule has 0 bridgehead atoms. The number of β-amino-alcohol motifs (C(OH)–C–C–N with tert-alkyl or cyclic N) is 1. The zero-order chi connectivity index (χ0) is 15.1. The predicted octanol–water partition coefficient (Wildman–Crippen LogP) is 0.420. The highest BCUT2D eigenvalue weighted by atomic mass is 16.5. The number of hydrogen-bond acceptors (Lipinski definition) is 6. The third kappa shape index (κ3) is 6.15. The average Bonchev–Trinajstić information content (AvgIpc) is 2.91. The second kappa shape index (κ2) is 8.51. The van der Waals surface area contributed by atoms with Crippen LogP contribution >= 0.6 is 0 Å². The Morgan fingerprint density at radius 1 is 1.52 bits per heavy atom. The number of ether oxygens (including phenoxy) is 2. The molecular formula is C15H26N2O4. The van der Waals surface area contributed by atoms with Crippen molar-refractivity contribution in [3.8, 4) is 0 Å². The van der Waals surface area contributed by atoms with E-state index in [1.807, 2.05) is 26.2 Å². The van der Waals surface area contributed by atoms with Gasteiger partial charge in [0.1, 0.15) is 12.4 Å². The lowest BCUT2D eigenvalue weighted by Gasteiger charge is -2.35. The van der Waals surface area contributed by atoms with E-state index in [1.54, 1.807) is 6.26 Å². The average molecular weight is 298 g/mol. The minimum atomic E-state index is -0.488. The van der Waals surface area contributed by atoms with Crippen LogP contribution < -0.4 is 0 Å². The smallest absolute Gasteiger partial charge is 0.129 e. The maximum Gasteiger partial charge on any atom is 0.129 e. The largest absolute Gasteiger partial charge is 0.467 e. The molecule has 1 N–H and O–H groups in total. The van der Waals surface area contributed by atoms with E-state index in [4.69, 9.17) is 13.9 Å². The zero-order valence-corrected chi connectivity index (χ0v) is 12.9. The highest BCUT2D eigenvalue weighted by Crippen LogP contribution is 2.08. The Balaban J connectivity index is 1.63. The van der Waals surface area contributed by atoms with Crippen molar-refractivity contribution in [2.24, 2.45) is 0 Å². The SMILES string of the molecule is CN(C)CC1CN(CC(O)COCc2ccco2)CCO1. The van der Waals surface area contributed by atoms with Crippen LogP contribution in [0.15, 0.2) is 22.8 Å². The van der Waals surface area contributed by atoms with Crippen molar-refractivity contribution >= 4 is 0 Å². The van der Waals surface area contributed by atoms with Crippen molar-refractivity contribution < 1.29 is 19.0 Å². The number of furan rings is 1. The molecule has 0 spiro atoms. The minimum absolute atomic E-state index is 0.213. The molecule has 0 aromatic carbocycles. The van der Waals surface area contributed by atoms with E-state index in [0.717, 1.165) is 32.0 Å². The first kappa shape index (κ1) is 16.5. The molecule has 1 aromatic rings. The van der Waals surface area contributed by atoms with E-state index < -0.39 is 6.10 Å². The molecule has 2 rings (SSSR count). The van der Waals surface area contributed by atoms with Gasteiger partial charge in [0.05, 0.1) is 31.7 Å². The molecule has 21 heavy (non-hydrogen) atoms. The fourth-order valence-corrected chi connectivity index (χ4v) is 2.50. The molecule has 1 fully saturated rings. The molecule has 0 amide bonds. The van der Waals surface area contributed by atoms with Gasteiger partial charge in [-0.2, -0.15) is 0 Å². The van der Waals surface area contributed by atoms with Gasteiger partial charge in [0, 0.05) is 26.2 Å². The minimum Gasteiger partial charge on any atom is -0.467 e. The van der Waals surface area contributed by atoms with E-state index >= 15 is 0 Å². The Morgan fingerprint density at radius 2 is 2.38 bits per heavy atom. The van der Waals surface area contributed by atoms with Crippen molar-refractivity contribution in [3.05, 3.63) is 24.2 Å². The normalized spacial score (nSPS) is 21.8. The number of aliphatic hydroxyl groups is 1. The van der Waals surface area contributed by atoms with E-state index in [1.165, 1.54) is 0 Å². The maximum absolute atomic E-state index is 10.0. The van der Waals surface area contributed by atoms with Gasteiger partial charge in [0.15, 0.2) is 0 Å². The van der Waals surface area contributed by atoms with E-state index in [-0.39, 0.29) is 6.10 Å². The van der Waals surface area contributed by atoms with Gasteiger partial charge in [-0.1, -0.05) is 0 Å². The second-order valence-electron chi connectivity index (χ2n) is 5.76. The van der Waals surface area contributed by atoms with Crippen LogP contribution in [-0.4, -0.2) is 80.6 Å². The summed E-state index contributed by atoms with van der Waals surface area (Å²) in [5, 5.41) is 10.0. The molecule has 1 aliphatic rings. The summed E-state index contributed by atoms with van der Waals surface area (Å²) in [4.78, 5) is 4.36. The summed E-state index contributed by atoms with van der Waals surface area (Å²) in [6.45, 7) is 4.67. The first-order valence-corrected chi connectivity index (χ1v) is 7.40. The summed E-state index contributed by atoms with van der Waals surface area (Å²) in [6, 6.07) is 3.69. The summed E-state index contributed by atoms with van der Waals surface area (Å²) in [7, 11) is 4.08. The van der Waals surface area contributed by atoms with Crippen LogP contribution in [0, 0.1) is 0 Å². The predicted molar refractivity (Wildman–Crippen MR) is 79.1 cm³/mol. The molecule has 2 unspecified atom stereocenters. The lowest BCUT2D eigenvalue weighted by Crippen LogP contribution is -2.49. The van der Waals surface area contributed by atoms with E-state index in [9.17, 15) is 5.11 Å². The molecule has 1 aliphatic heterocycles. The Bertz CT molecular complexity index is 383. The summed E-state index contributed by atoms with van der Waals surface area (Å²) in [5.41, 5.74) is 0. The van der Waals surface area contributed by atoms with Gasteiger partial charge in [-0.15, -0.1) is 0 Å². The lowest BCUT2D eigenvalue weighted by molar-refractivity contribution is -0.0590. The number of rotatable bonds is 8. The first-order valence-electron chi connectivity index (χ1n) is 7.40. The lowest BCUT2D eigenvalue weighted by atomic mass is 10.2. The monoisotopic (exact) mass is 298 g/mol. The molecule has 6 heteroatoms. The summed E-state index contributed by atoms with van der Waals surface area (Å²) in [6.07, 6.45) is 1.34. The number of likely N-dealkylation sites (N-methyl/N-ethyl adjacent to an activating group) is 1. The van der Waals surface area contributed by atoms with Crippen molar-refractivity contribution in [1.82, 2.24) is 9.80 Å². The van der Waals surface area contributed by atoms with Gasteiger partial charge < -0.3 is 23.9 Å². The van der Waals surface area contributed by atoms with Crippen LogP contribution in [-0.2, 0) is 16.1 Å². The number of morpholine rings is 1. The first-order chi connectivity index (χ1) is 10.1. The molecule has 0 radical (unpaired) electrons. The molecule has 120 valence electrons. The molecule has 2 atom stereocenters.